The second-order valence-electron chi connectivity index (χ2n) is 6.74. The quantitative estimate of drug-likeness (QED) is 0.496. The Kier molecular flexibility index (Phi) is 7.51. The summed E-state index contributed by atoms with van der Waals surface area (Å²) < 4.78 is 5.46. The number of ether oxygens (including phenoxy) is 1. The minimum absolute atomic E-state index is 0.0694. The van der Waals surface area contributed by atoms with Crippen molar-refractivity contribution in [3.63, 3.8) is 0 Å². The summed E-state index contributed by atoms with van der Waals surface area (Å²) in [4.78, 5) is 25.6. The minimum Gasteiger partial charge on any atom is -0.484 e. The van der Waals surface area contributed by atoms with Gasteiger partial charge in [-0.3, -0.25) is 9.59 Å². The predicted octanol–water partition coefficient (Wildman–Crippen LogP) is 5.13. The first kappa shape index (κ1) is 21.5. The van der Waals surface area contributed by atoms with Crippen LogP contribution in [-0.4, -0.2) is 23.7 Å². The molecule has 30 heavy (non-hydrogen) atoms. The molecule has 0 bridgehead atoms. The molecular formula is C24H24N2O3S. The molecule has 3 rings (SSSR count). The van der Waals surface area contributed by atoms with E-state index in [1.54, 1.807) is 12.1 Å². The molecule has 0 aromatic heterocycles. The first-order valence-corrected chi connectivity index (χ1v) is 10.5. The molecule has 0 heterocycles. The number of nitrogens with one attached hydrogen (secondary N) is 2. The van der Waals surface area contributed by atoms with Crippen molar-refractivity contribution in [3.05, 3.63) is 84.4 Å². The van der Waals surface area contributed by atoms with Crippen LogP contribution in [0.5, 0.6) is 5.75 Å². The van der Waals surface area contributed by atoms with Crippen LogP contribution in [0.25, 0.3) is 0 Å². The lowest BCUT2D eigenvalue weighted by atomic mass is 10.2. The maximum atomic E-state index is 12.5. The molecule has 0 aliphatic carbocycles. The zero-order valence-electron chi connectivity index (χ0n) is 16.9. The van der Waals surface area contributed by atoms with E-state index in [-0.39, 0.29) is 23.7 Å². The highest BCUT2D eigenvalue weighted by atomic mass is 32.2. The number of hydrogen-bond donors (Lipinski definition) is 2. The second kappa shape index (κ2) is 10.5. The van der Waals surface area contributed by atoms with Crippen LogP contribution in [0.2, 0.25) is 0 Å². The van der Waals surface area contributed by atoms with Crippen molar-refractivity contribution in [1.82, 2.24) is 0 Å². The van der Waals surface area contributed by atoms with Crippen LogP contribution in [0.15, 0.2) is 83.8 Å². The van der Waals surface area contributed by atoms with Gasteiger partial charge in [0.15, 0.2) is 6.61 Å². The molecule has 5 nitrogen and oxygen atoms in total. The highest BCUT2D eigenvalue weighted by Gasteiger charge is 2.15. The summed E-state index contributed by atoms with van der Waals surface area (Å²) in [6.45, 7) is 3.74. The van der Waals surface area contributed by atoms with Gasteiger partial charge in [0.05, 0.1) is 5.25 Å². The number of thioether (sulfide) groups is 1. The maximum absolute atomic E-state index is 12.5. The average Bonchev–Trinajstić information content (AvgIpc) is 2.75. The van der Waals surface area contributed by atoms with E-state index in [0.717, 1.165) is 16.1 Å². The van der Waals surface area contributed by atoms with Crippen LogP contribution in [-0.2, 0) is 9.59 Å². The van der Waals surface area contributed by atoms with Gasteiger partial charge in [0.25, 0.3) is 5.91 Å². The van der Waals surface area contributed by atoms with Gasteiger partial charge in [-0.05, 0) is 55.8 Å². The van der Waals surface area contributed by atoms with Gasteiger partial charge in [-0.2, -0.15) is 0 Å². The van der Waals surface area contributed by atoms with Crippen molar-refractivity contribution in [3.8, 4) is 5.75 Å². The first-order valence-electron chi connectivity index (χ1n) is 9.62. The van der Waals surface area contributed by atoms with E-state index in [0.29, 0.717) is 11.4 Å². The SMILES string of the molecule is Cc1ccccc1NC(=O)C(C)Sc1cccc(NC(=O)COc2ccccc2)c1. The molecule has 0 fully saturated rings. The zero-order valence-corrected chi connectivity index (χ0v) is 17.7. The molecule has 6 heteroatoms. The average molecular weight is 421 g/mol. The number of amides is 2. The fourth-order valence-corrected chi connectivity index (χ4v) is 3.64. The summed E-state index contributed by atoms with van der Waals surface area (Å²) in [6.07, 6.45) is 0. The molecule has 0 saturated carbocycles. The van der Waals surface area contributed by atoms with Gasteiger partial charge in [0, 0.05) is 16.3 Å². The van der Waals surface area contributed by atoms with Crippen molar-refractivity contribution in [2.24, 2.45) is 0 Å². The fourth-order valence-electron chi connectivity index (χ4n) is 2.71. The Bertz CT molecular complexity index is 1010. The summed E-state index contributed by atoms with van der Waals surface area (Å²) in [7, 11) is 0. The third kappa shape index (κ3) is 6.39. The monoisotopic (exact) mass is 420 g/mol. The van der Waals surface area contributed by atoms with Crippen LogP contribution in [0.1, 0.15) is 12.5 Å². The molecule has 154 valence electrons. The van der Waals surface area contributed by atoms with Gasteiger partial charge in [0.2, 0.25) is 5.91 Å². The topological polar surface area (TPSA) is 67.4 Å². The van der Waals surface area contributed by atoms with Gasteiger partial charge in [-0.1, -0.05) is 42.5 Å². The van der Waals surface area contributed by atoms with E-state index >= 15 is 0 Å². The zero-order chi connectivity index (χ0) is 21.3. The molecular weight excluding hydrogens is 396 g/mol. The lowest BCUT2D eigenvalue weighted by Gasteiger charge is -2.14. The smallest absolute Gasteiger partial charge is 0.262 e. The van der Waals surface area contributed by atoms with E-state index in [1.165, 1.54) is 11.8 Å². The van der Waals surface area contributed by atoms with Gasteiger partial charge in [0.1, 0.15) is 5.75 Å². The Morgan fingerprint density at radius 3 is 2.43 bits per heavy atom. The summed E-state index contributed by atoms with van der Waals surface area (Å²) in [5.74, 6) is 0.330. The number of para-hydroxylation sites is 2. The first-order chi connectivity index (χ1) is 14.5. The Morgan fingerprint density at radius 2 is 1.67 bits per heavy atom. The highest BCUT2D eigenvalue weighted by Crippen LogP contribution is 2.27. The Balaban J connectivity index is 1.53. The lowest BCUT2D eigenvalue weighted by Crippen LogP contribution is -2.23. The van der Waals surface area contributed by atoms with Gasteiger partial charge >= 0.3 is 0 Å². The van der Waals surface area contributed by atoms with Gasteiger partial charge in [-0.25, -0.2) is 0 Å². The Labute approximate surface area is 180 Å². The summed E-state index contributed by atoms with van der Waals surface area (Å²) in [6, 6.07) is 24.3. The molecule has 0 saturated heterocycles. The van der Waals surface area contributed by atoms with Crippen LogP contribution in [0.4, 0.5) is 11.4 Å². The number of carbonyl (C=O) groups is 2. The van der Waals surface area contributed by atoms with Crippen LogP contribution in [0, 0.1) is 6.92 Å². The molecule has 0 spiro atoms. The fraction of sp³-hybridized carbons (Fsp3) is 0.167. The number of carbonyl (C=O) groups excluding carboxylic acids is 2. The third-order valence-corrected chi connectivity index (χ3v) is 5.41. The van der Waals surface area contributed by atoms with Crippen LogP contribution < -0.4 is 15.4 Å². The number of benzene rings is 3. The standard InChI is InChI=1S/C24H24N2O3S/c1-17-9-6-7-14-22(17)26-24(28)18(2)30-21-13-8-10-19(15-21)25-23(27)16-29-20-11-4-3-5-12-20/h3-15,18H,16H2,1-2H3,(H,25,27)(H,26,28). The maximum Gasteiger partial charge on any atom is 0.262 e. The molecule has 1 unspecified atom stereocenters. The number of rotatable bonds is 8. The lowest BCUT2D eigenvalue weighted by molar-refractivity contribution is -0.118. The van der Waals surface area contributed by atoms with E-state index in [9.17, 15) is 9.59 Å². The largest absolute Gasteiger partial charge is 0.484 e. The Morgan fingerprint density at radius 1 is 0.933 bits per heavy atom. The summed E-state index contributed by atoms with van der Waals surface area (Å²) in [5, 5.41) is 5.49. The number of aryl methyl sites for hydroxylation is 1. The summed E-state index contributed by atoms with van der Waals surface area (Å²) in [5.41, 5.74) is 2.49. The van der Waals surface area contributed by atoms with Gasteiger partial charge in [-0.15, -0.1) is 11.8 Å². The molecule has 3 aromatic carbocycles. The van der Waals surface area contributed by atoms with E-state index < -0.39 is 0 Å². The predicted molar refractivity (Wildman–Crippen MR) is 122 cm³/mol. The van der Waals surface area contributed by atoms with E-state index in [1.807, 2.05) is 80.6 Å². The van der Waals surface area contributed by atoms with Gasteiger partial charge < -0.3 is 15.4 Å². The van der Waals surface area contributed by atoms with E-state index in [2.05, 4.69) is 10.6 Å². The van der Waals surface area contributed by atoms with Crippen LogP contribution >= 0.6 is 11.8 Å². The second-order valence-corrected chi connectivity index (χ2v) is 8.16. The number of hydrogen-bond acceptors (Lipinski definition) is 4. The molecule has 0 aliphatic rings. The van der Waals surface area contributed by atoms with E-state index in [4.69, 9.17) is 4.74 Å². The normalized spacial score (nSPS) is 11.4. The minimum atomic E-state index is -0.294. The van der Waals surface area contributed by atoms with Crippen molar-refractivity contribution < 1.29 is 14.3 Å². The Hall–Kier alpha value is -3.25. The highest BCUT2D eigenvalue weighted by molar-refractivity contribution is 8.00. The molecule has 0 aliphatic heterocycles. The van der Waals surface area contributed by atoms with Crippen molar-refractivity contribution in [2.45, 2.75) is 24.0 Å². The molecule has 0 radical (unpaired) electrons. The molecule has 1 atom stereocenters. The van der Waals surface area contributed by atoms with Crippen molar-refractivity contribution in [1.29, 1.82) is 0 Å². The van der Waals surface area contributed by atoms with Crippen LogP contribution in [0.3, 0.4) is 0 Å². The van der Waals surface area contributed by atoms with Crippen molar-refractivity contribution in [2.75, 3.05) is 17.2 Å². The molecule has 3 aromatic rings. The molecule has 2 N–H and O–H groups in total. The summed E-state index contributed by atoms with van der Waals surface area (Å²) >= 11 is 1.43. The third-order valence-electron chi connectivity index (χ3n) is 4.32. The van der Waals surface area contributed by atoms with Crippen molar-refractivity contribution >= 4 is 35.0 Å². The molecule has 2 amide bonds. The number of anilines is 2.